The molecule has 4 nitrogen and oxygen atoms in total. The fourth-order valence-corrected chi connectivity index (χ4v) is 4.21. The number of rotatable bonds is 5. The van der Waals surface area contributed by atoms with E-state index in [0.717, 1.165) is 43.7 Å². The Morgan fingerprint density at radius 3 is 2.79 bits per heavy atom. The van der Waals surface area contributed by atoms with Crippen LogP contribution >= 0.6 is 11.6 Å². The second kappa shape index (κ2) is 8.29. The SMILES string of the molecule is Cn1cc(CN2CCCC(C(=O)c3cccc(Cl)c3)C2)c(-c2ccccc2)n1. The van der Waals surface area contributed by atoms with Crippen molar-refractivity contribution in [1.29, 1.82) is 0 Å². The first-order chi connectivity index (χ1) is 13.6. The van der Waals surface area contributed by atoms with Crippen molar-refractivity contribution in [3.8, 4) is 11.3 Å². The predicted octanol–water partition coefficient (Wildman–Crippen LogP) is 4.84. The van der Waals surface area contributed by atoms with Crippen molar-refractivity contribution in [2.24, 2.45) is 13.0 Å². The number of hydrogen-bond donors (Lipinski definition) is 0. The van der Waals surface area contributed by atoms with Gasteiger partial charge in [0.25, 0.3) is 0 Å². The lowest BCUT2D eigenvalue weighted by Crippen LogP contribution is -2.38. The van der Waals surface area contributed by atoms with E-state index in [4.69, 9.17) is 11.6 Å². The molecular weight excluding hydrogens is 370 g/mol. The van der Waals surface area contributed by atoms with Crippen LogP contribution < -0.4 is 0 Å². The summed E-state index contributed by atoms with van der Waals surface area (Å²) in [4.78, 5) is 15.3. The van der Waals surface area contributed by atoms with E-state index in [1.807, 2.05) is 42.1 Å². The quantitative estimate of drug-likeness (QED) is 0.582. The Hall–Kier alpha value is -2.43. The lowest BCUT2D eigenvalue weighted by atomic mass is 9.90. The maximum absolute atomic E-state index is 12.9. The highest BCUT2D eigenvalue weighted by Gasteiger charge is 2.27. The minimum Gasteiger partial charge on any atom is -0.298 e. The molecule has 5 heteroatoms. The number of halogens is 1. The summed E-state index contributed by atoms with van der Waals surface area (Å²) < 4.78 is 1.87. The van der Waals surface area contributed by atoms with E-state index in [1.54, 1.807) is 12.1 Å². The van der Waals surface area contributed by atoms with Crippen LogP contribution in [0.1, 0.15) is 28.8 Å². The molecule has 1 aliphatic rings. The zero-order valence-electron chi connectivity index (χ0n) is 16.0. The molecule has 0 bridgehead atoms. The number of carbonyl (C=O) groups is 1. The molecule has 1 saturated heterocycles. The molecule has 144 valence electrons. The van der Waals surface area contributed by atoms with Crippen LogP contribution in [0.2, 0.25) is 5.02 Å². The smallest absolute Gasteiger partial charge is 0.167 e. The number of Topliss-reactive ketones (excluding diaryl/α,β-unsaturated/α-hetero) is 1. The summed E-state index contributed by atoms with van der Waals surface area (Å²) in [5.74, 6) is 0.214. The zero-order chi connectivity index (χ0) is 19.5. The summed E-state index contributed by atoms with van der Waals surface area (Å²) in [6.07, 6.45) is 4.04. The normalized spacial score (nSPS) is 17.6. The van der Waals surface area contributed by atoms with E-state index in [2.05, 4.69) is 28.3 Å². The Balaban J connectivity index is 1.50. The number of likely N-dealkylation sites (tertiary alicyclic amines) is 1. The molecule has 2 heterocycles. The van der Waals surface area contributed by atoms with Gasteiger partial charge in [-0.25, -0.2) is 0 Å². The molecule has 0 spiro atoms. The molecule has 2 aromatic carbocycles. The Morgan fingerprint density at radius 2 is 2.00 bits per heavy atom. The van der Waals surface area contributed by atoms with Gasteiger partial charge in [0, 0.05) is 54.0 Å². The summed E-state index contributed by atoms with van der Waals surface area (Å²) in [7, 11) is 1.96. The second-order valence-corrected chi connectivity index (χ2v) is 7.93. The highest BCUT2D eigenvalue weighted by Crippen LogP contribution is 2.27. The molecule has 0 radical (unpaired) electrons. The van der Waals surface area contributed by atoms with Gasteiger partial charge < -0.3 is 0 Å². The van der Waals surface area contributed by atoms with Crippen molar-refractivity contribution < 1.29 is 4.79 Å². The van der Waals surface area contributed by atoms with Gasteiger partial charge in [-0.2, -0.15) is 5.10 Å². The Kier molecular flexibility index (Phi) is 5.60. The summed E-state index contributed by atoms with van der Waals surface area (Å²) in [6, 6.07) is 17.6. The third-order valence-corrected chi connectivity index (χ3v) is 5.57. The van der Waals surface area contributed by atoms with Crippen molar-refractivity contribution in [3.63, 3.8) is 0 Å². The number of nitrogens with zero attached hydrogens (tertiary/aromatic N) is 3. The van der Waals surface area contributed by atoms with E-state index in [1.165, 1.54) is 5.56 Å². The highest BCUT2D eigenvalue weighted by molar-refractivity contribution is 6.31. The highest BCUT2D eigenvalue weighted by atomic mass is 35.5. The Bertz CT molecular complexity index is 967. The molecular formula is C23H24ClN3O. The number of aryl methyl sites for hydroxylation is 1. The minimum absolute atomic E-state index is 0.0177. The van der Waals surface area contributed by atoms with E-state index >= 15 is 0 Å². The zero-order valence-corrected chi connectivity index (χ0v) is 16.8. The van der Waals surface area contributed by atoms with E-state index in [9.17, 15) is 4.79 Å². The first-order valence-corrected chi connectivity index (χ1v) is 10.1. The third-order valence-electron chi connectivity index (χ3n) is 5.33. The number of aromatic nitrogens is 2. The van der Waals surface area contributed by atoms with E-state index < -0.39 is 0 Å². The summed E-state index contributed by atoms with van der Waals surface area (Å²) >= 11 is 6.07. The molecule has 0 amide bonds. The summed E-state index contributed by atoms with van der Waals surface area (Å²) in [5, 5.41) is 5.28. The van der Waals surface area contributed by atoms with Crippen LogP contribution in [0, 0.1) is 5.92 Å². The van der Waals surface area contributed by atoms with Crippen molar-refractivity contribution in [1.82, 2.24) is 14.7 Å². The van der Waals surface area contributed by atoms with Gasteiger partial charge in [0.15, 0.2) is 5.78 Å². The van der Waals surface area contributed by atoms with Gasteiger partial charge in [0.2, 0.25) is 0 Å². The molecule has 1 atom stereocenters. The Morgan fingerprint density at radius 1 is 1.18 bits per heavy atom. The number of piperidine rings is 1. The third kappa shape index (κ3) is 4.18. The monoisotopic (exact) mass is 393 g/mol. The first kappa shape index (κ1) is 18.9. The molecule has 1 unspecified atom stereocenters. The topological polar surface area (TPSA) is 38.1 Å². The standard InChI is InChI=1S/C23H24ClN3O/c1-26-14-20(22(25-26)17-7-3-2-4-8-17)16-27-12-6-10-19(15-27)23(28)18-9-5-11-21(24)13-18/h2-5,7-9,11,13-14,19H,6,10,12,15-16H2,1H3. The van der Waals surface area contributed by atoms with Crippen LogP contribution in [0.15, 0.2) is 60.8 Å². The maximum atomic E-state index is 12.9. The van der Waals surface area contributed by atoms with Gasteiger partial charge >= 0.3 is 0 Å². The number of ketones is 1. The van der Waals surface area contributed by atoms with Crippen LogP contribution in [0.25, 0.3) is 11.3 Å². The maximum Gasteiger partial charge on any atom is 0.167 e. The lowest BCUT2D eigenvalue weighted by Gasteiger charge is -2.32. The van der Waals surface area contributed by atoms with Gasteiger partial charge in [0.05, 0.1) is 5.69 Å². The molecule has 1 aromatic heterocycles. The molecule has 1 aliphatic heterocycles. The average molecular weight is 394 g/mol. The predicted molar refractivity (Wildman–Crippen MR) is 112 cm³/mol. The van der Waals surface area contributed by atoms with Gasteiger partial charge in [-0.3, -0.25) is 14.4 Å². The van der Waals surface area contributed by atoms with Crippen molar-refractivity contribution in [2.75, 3.05) is 13.1 Å². The molecule has 4 rings (SSSR count). The van der Waals surface area contributed by atoms with Crippen LogP contribution in [0.3, 0.4) is 0 Å². The fraction of sp³-hybridized carbons (Fsp3) is 0.304. The number of carbonyl (C=O) groups excluding carboxylic acids is 1. The van der Waals surface area contributed by atoms with Crippen molar-refractivity contribution in [3.05, 3.63) is 76.9 Å². The Labute approximate surface area is 170 Å². The van der Waals surface area contributed by atoms with Crippen LogP contribution in [0.5, 0.6) is 0 Å². The van der Waals surface area contributed by atoms with Crippen LogP contribution in [-0.2, 0) is 13.6 Å². The fourth-order valence-electron chi connectivity index (χ4n) is 4.02. The van der Waals surface area contributed by atoms with Crippen molar-refractivity contribution in [2.45, 2.75) is 19.4 Å². The lowest BCUT2D eigenvalue weighted by molar-refractivity contribution is 0.0812. The molecule has 0 N–H and O–H groups in total. The van der Waals surface area contributed by atoms with Gasteiger partial charge in [0.1, 0.15) is 0 Å². The largest absolute Gasteiger partial charge is 0.298 e. The van der Waals surface area contributed by atoms with Crippen LogP contribution in [0.4, 0.5) is 0 Å². The molecule has 0 aliphatic carbocycles. The number of hydrogen-bond acceptors (Lipinski definition) is 3. The minimum atomic E-state index is 0.0177. The summed E-state index contributed by atoms with van der Waals surface area (Å²) in [5.41, 5.74) is 4.06. The molecule has 3 aromatic rings. The van der Waals surface area contributed by atoms with E-state index in [-0.39, 0.29) is 11.7 Å². The summed E-state index contributed by atoms with van der Waals surface area (Å²) in [6.45, 7) is 2.58. The van der Waals surface area contributed by atoms with E-state index in [0.29, 0.717) is 10.6 Å². The molecule has 28 heavy (non-hydrogen) atoms. The molecule has 1 fully saturated rings. The van der Waals surface area contributed by atoms with Crippen LogP contribution in [-0.4, -0.2) is 33.6 Å². The number of benzene rings is 2. The van der Waals surface area contributed by atoms with Crippen molar-refractivity contribution >= 4 is 17.4 Å². The van der Waals surface area contributed by atoms with Gasteiger partial charge in [-0.1, -0.05) is 54.1 Å². The average Bonchev–Trinajstić information content (AvgIpc) is 3.08. The molecule has 0 saturated carbocycles. The van der Waals surface area contributed by atoms with Gasteiger partial charge in [-0.15, -0.1) is 0 Å². The van der Waals surface area contributed by atoms with Gasteiger partial charge in [-0.05, 0) is 31.5 Å². The second-order valence-electron chi connectivity index (χ2n) is 7.49. The first-order valence-electron chi connectivity index (χ1n) is 9.70.